The van der Waals surface area contributed by atoms with Gasteiger partial charge in [-0.25, -0.2) is 9.59 Å². The number of hydrogen-bond donors (Lipinski definition) is 2. The molecular formula is C25H39N3O4. The third kappa shape index (κ3) is 4.03. The molecule has 0 aromatic rings. The second kappa shape index (κ2) is 9.06. The number of hydrogen-bond acceptors (Lipinski definition) is 5. The van der Waals surface area contributed by atoms with Crippen LogP contribution >= 0.6 is 0 Å². The van der Waals surface area contributed by atoms with E-state index in [1.165, 1.54) is 18.4 Å². The number of nitrogens with zero attached hydrogens (tertiary/aromatic N) is 1. The average Bonchev–Trinajstić information content (AvgIpc) is 3.08. The maximum absolute atomic E-state index is 12.1. The van der Waals surface area contributed by atoms with Crippen molar-refractivity contribution < 1.29 is 19.2 Å². The molecular weight excluding hydrogens is 406 g/mol. The number of carbonyl (C=O) groups excluding carboxylic acids is 2. The number of ether oxygens (including phenoxy) is 1. The van der Waals surface area contributed by atoms with E-state index in [9.17, 15) is 9.59 Å². The van der Waals surface area contributed by atoms with Crippen molar-refractivity contribution in [2.45, 2.75) is 85.2 Å². The predicted octanol–water partition coefficient (Wildman–Crippen LogP) is 5.17. The van der Waals surface area contributed by atoms with E-state index in [-0.39, 0.29) is 23.0 Å². The van der Waals surface area contributed by atoms with Crippen molar-refractivity contribution in [3.8, 4) is 0 Å². The average molecular weight is 446 g/mol. The fraction of sp³-hybridized carbons (Fsp3) is 0.800. The van der Waals surface area contributed by atoms with Gasteiger partial charge in [-0.3, -0.25) is 4.84 Å². The molecule has 178 valence electrons. The number of rotatable bonds is 4. The molecule has 7 heteroatoms. The molecule has 0 aromatic heterocycles. The maximum atomic E-state index is 12.1. The summed E-state index contributed by atoms with van der Waals surface area (Å²) >= 11 is 0. The first kappa shape index (κ1) is 23.1. The van der Waals surface area contributed by atoms with Gasteiger partial charge in [0.25, 0.3) is 0 Å². The third-order valence-corrected chi connectivity index (χ3v) is 9.03. The van der Waals surface area contributed by atoms with Crippen molar-refractivity contribution in [1.82, 2.24) is 10.6 Å². The molecule has 32 heavy (non-hydrogen) atoms. The molecule has 0 aromatic carbocycles. The first-order valence-electron chi connectivity index (χ1n) is 12.5. The Hall–Kier alpha value is -2.05. The van der Waals surface area contributed by atoms with Crippen LogP contribution in [0.4, 0.5) is 9.59 Å². The summed E-state index contributed by atoms with van der Waals surface area (Å²) in [5.74, 6) is 1.97. The standard InChI is InChI=1S/C25H39N3O4/c1-5-26-22(29)31-21-10-9-19-18-8-7-16-15-17(28-32-23(30)27-6-2)11-13-24(16,3)20(18)12-14-25(19,21)4/h15,18-21H,5-14H2,1-4H3,(H,26,29)(H,27,30)/b28-17+/t18-,19-,20-,21+,24-,25-/m0/s1. The van der Waals surface area contributed by atoms with Crippen LogP contribution in [0.1, 0.15) is 79.1 Å². The Morgan fingerprint density at radius 2 is 1.75 bits per heavy atom. The lowest BCUT2D eigenvalue weighted by atomic mass is 9.47. The number of oxime groups is 1. The van der Waals surface area contributed by atoms with Gasteiger partial charge in [0.05, 0.1) is 5.71 Å². The molecule has 0 spiro atoms. The molecule has 0 bridgehead atoms. The Balaban J connectivity index is 1.48. The minimum atomic E-state index is -0.493. The lowest BCUT2D eigenvalue weighted by molar-refractivity contribution is -0.0751. The van der Waals surface area contributed by atoms with Crippen LogP contribution in [0.3, 0.4) is 0 Å². The van der Waals surface area contributed by atoms with E-state index in [2.05, 4.69) is 35.7 Å². The number of alkyl carbamates (subject to hydrolysis) is 1. The molecule has 0 saturated heterocycles. The van der Waals surface area contributed by atoms with Crippen molar-refractivity contribution >= 4 is 17.9 Å². The second-order valence-electron chi connectivity index (χ2n) is 10.5. The first-order valence-corrected chi connectivity index (χ1v) is 12.5. The molecule has 2 N–H and O–H groups in total. The maximum Gasteiger partial charge on any atom is 0.433 e. The summed E-state index contributed by atoms with van der Waals surface area (Å²) in [7, 11) is 0. The van der Waals surface area contributed by atoms with Crippen LogP contribution in [0.5, 0.6) is 0 Å². The largest absolute Gasteiger partial charge is 0.446 e. The molecule has 7 nitrogen and oxygen atoms in total. The van der Waals surface area contributed by atoms with Crippen LogP contribution < -0.4 is 10.6 Å². The summed E-state index contributed by atoms with van der Waals surface area (Å²) in [6.45, 7) is 9.71. The highest BCUT2D eigenvalue weighted by atomic mass is 16.7. The van der Waals surface area contributed by atoms with Crippen LogP contribution in [0.25, 0.3) is 0 Å². The molecule has 2 amide bonds. The highest BCUT2D eigenvalue weighted by Crippen LogP contribution is 2.65. The van der Waals surface area contributed by atoms with E-state index >= 15 is 0 Å². The number of carbonyl (C=O) groups is 2. The molecule has 4 aliphatic carbocycles. The third-order valence-electron chi connectivity index (χ3n) is 9.03. The van der Waals surface area contributed by atoms with Crippen molar-refractivity contribution in [3.05, 3.63) is 11.6 Å². The van der Waals surface area contributed by atoms with E-state index in [1.807, 2.05) is 13.8 Å². The zero-order valence-electron chi connectivity index (χ0n) is 20.0. The molecule has 4 aliphatic rings. The Kier molecular flexibility index (Phi) is 6.55. The van der Waals surface area contributed by atoms with Gasteiger partial charge >= 0.3 is 12.2 Å². The normalized spacial score (nSPS) is 39.2. The number of nitrogens with one attached hydrogen (secondary N) is 2. The zero-order chi connectivity index (χ0) is 22.9. The Morgan fingerprint density at radius 3 is 2.50 bits per heavy atom. The zero-order valence-corrected chi connectivity index (χ0v) is 20.0. The summed E-state index contributed by atoms with van der Waals surface area (Å²) in [5.41, 5.74) is 2.62. The Bertz CT molecular complexity index is 809. The topological polar surface area (TPSA) is 89.0 Å². The van der Waals surface area contributed by atoms with Crippen molar-refractivity contribution in [2.24, 2.45) is 33.7 Å². The predicted molar refractivity (Wildman–Crippen MR) is 123 cm³/mol. The van der Waals surface area contributed by atoms with E-state index in [1.54, 1.807) is 0 Å². The van der Waals surface area contributed by atoms with Crippen molar-refractivity contribution in [1.29, 1.82) is 0 Å². The van der Waals surface area contributed by atoms with Crippen molar-refractivity contribution in [2.75, 3.05) is 13.1 Å². The molecule has 0 radical (unpaired) electrons. The van der Waals surface area contributed by atoms with E-state index in [0.29, 0.717) is 30.8 Å². The van der Waals surface area contributed by atoms with E-state index in [4.69, 9.17) is 9.57 Å². The van der Waals surface area contributed by atoms with Gasteiger partial charge in [0.2, 0.25) is 0 Å². The van der Waals surface area contributed by atoms with Gasteiger partial charge in [-0.05, 0) is 94.5 Å². The molecule has 3 saturated carbocycles. The van der Waals surface area contributed by atoms with Crippen LogP contribution in [0.15, 0.2) is 16.8 Å². The molecule has 3 fully saturated rings. The van der Waals surface area contributed by atoms with Crippen LogP contribution in [-0.2, 0) is 9.57 Å². The van der Waals surface area contributed by atoms with Gasteiger partial charge in [0.1, 0.15) is 6.10 Å². The van der Waals surface area contributed by atoms with Gasteiger partial charge in [-0.15, -0.1) is 0 Å². The minimum absolute atomic E-state index is 0.0289. The van der Waals surface area contributed by atoms with Crippen LogP contribution in [-0.4, -0.2) is 37.1 Å². The molecule has 6 atom stereocenters. The lowest BCUT2D eigenvalue weighted by Gasteiger charge is -2.57. The number of amides is 2. The number of fused-ring (bicyclic) bond motifs is 5. The lowest BCUT2D eigenvalue weighted by Crippen LogP contribution is -2.52. The SMILES string of the molecule is CCNC(=O)O/N=C1/C=C2CC[C@H]3[C@@H]4CC[C@@H](OC(=O)NCC)[C@@]4(C)CC[C@@H]3[C@@]2(C)CC1. The van der Waals surface area contributed by atoms with E-state index < -0.39 is 6.09 Å². The molecule has 0 unspecified atom stereocenters. The van der Waals surface area contributed by atoms with Crippen LogP contribution in [0, 0.1) is 28.6 Å². The monoisotopic (exact) mass is 445 g/mol. The van der Waals surface area contributed by atoms with Gasteiger partial charge in [0.15, 0.2) is 0 Å². The Labute approximate surface area is 191 Å². The van der Waals surface area contributed by atoms with Gasteiger partial charge in [-0.1, -0.05) is 24.6 Å². The highest BCUT2D eigenvalue weighted by Gasteiger charge is 2.59. The summed E-state index contributed by atoms with van der Waals surface area (Å²) in [6.07, 6.45) is 10.1. The fourth-order valence-electron chi connectivity index (χ4n) is 7.38. The van der Waals surface area contributed by atoms with Gasteiger partial charge in [-0.2, -0.15) is 0 Å². The first-order chi connectivity index (χ1) is 15.3. The van der Waals surface area contributed by atoms with Crippen molar-refractivity contribution in [3.63, 3.8) is 0 Å². The molecule has 0 heterocycles. The van der Waals surface area contributed by atoms with E-state index in [0.717, 1.165) is 44.2 Å². The minimum Gasteiger partial charge on any atom is -0.446 e. The summed E-state index contributed by atoms with van der Waals surface area (Å²) in [4.78, 5) is 28.7. The van der Waals surface area contributed by atoms with Gasteiger partial charge < -0.3 is 15.4 Å². The van der Waals surface area contributed by atoms with Gasteiger partial charge in [0, 0.05) is 18.5 Å². The van der Waals surface area contributed by atoms with Crippen LogP contribution in [0.2, 0.25) is 0 Å². The summed E-state index contributed by atoms with van der Waals surface area (Å²) < 4.78 is 5.89. The highest BCUT2D eigenvalue weighted by molar-refractivity contribution is 5.96. The number of allylic oxidation sites excluding steroid dienone is 2. The smallest absolute Gasteiger partial charge is 0.433 e. The Morgan fingerprint density at radius 1 is 1.00 bits per heavy atom. The summed E-state index contributed by atoms with van der Waals surface area (Å²) in [6, 6.07) is 0. The summed E-state index contributed by atoms with van der Waals surface area (Å²) in [5, 5.41) is 9.53. The molecule has 4 rings (SSSR count). The molecule has 0 aliphatic heterocycles. The quantitative estimate of drug-likeness (QED) is 0.462. The fourth-order valence-corrected chi connectivity index (χ4v) is 7.38. The second-order valence-corrected chi connectivity index (χ2v) is 10.5.